The molecule has 2 rings (SSSR count). The lowest BCUT2D eigenvalue weighted by Gasteiger charge is -2.32. The predicted octanol–water partition coefficient (Wildman–Crippen LogP) is 3.33. The average molecular weight is 279 g/mol. The third-order valence-electron chi connectivity index (χ3n) is 4.20. The van der Waals surface area contributed by atoms with Crippen molar-refractivity contribution in [2.24, 2.45) is 0 Å². The fraction of sp³-hybridized carbons (Fsp3) is 0.812. The summed E-state index contributed by atoms with van der Waals surface area (Å²) in [5.41, 5.74) is 1.02. The van der Waals surface area contributed by atoms with Crippen LogP contribution in [0.2, 0.25) is 0 Å². The molecule has 1 aromatic rings. The Bertz CT molecular complexity index is 372. The number of hydrogen-bond acceptors (Lipinski definition) is 4. The Morgan fingerprint density at radius 3 is 2.80 bits per heavy atom. The lowest BCUT2D eigenvalue weighted by Crippen LogP contribution is -2.35. The first-order chi connectivity index (χ1) is 9.83. The van der Waals surface area contributed by atoms with Crippen LogP contribution in [0.15, 0.2) is 10.6 Å². The number of nitrogens with zero attached hydrogens (tertiary/aromatic N) is 2. The Labute approximate surface area is 122 Å². The summed E-state index contributed by atoms with van der Waals surface area (Å²) in [6.07, 6.45) is 7.99. The fourth-order valence-electron chi connectivity index (χ4n) is 3.05. The van der Waals surface area contributed by atoms with Crippen molar-refractivity contribution >= 4 is 0 Å². The van der Waals surface area contributed by atoms with E-state index in [9.17, 15) is 0 Å². The van der Waals surface area contributed by atoms with Crippen LogP contribution in [-0.4, -0.2) is 29.2 Å². The Morgan fingerprint density at radius 1 is 1.30 bits per heavy atom. The molecule has 1 heterocycles. The Morgan fingerprint density at radius 2 is 2.10 bits per heavy atom. The maximum atomic E-state index is 5.49. The summed E-state index contributed by atoms with van der Waals surface area (Å²) in [7, 11) is 0. The Kier molecular flexibility index (Phi) is 6.54. The van der Waals surface area contributed by atoms with Crippen LogP contribution in [-0.2, 0) is 13.1 Å². The molecular weight excluding hydrogens is 250 g/mol. The van der Waals surface area contributed by atoms with Gasteiger partial charge in [0.25, 0.3) is 0 Å². The van der Waals surface area contributed by atoms with E-state index in [1.807, 2.05) is 0 Å². The highest BCUT2D eigenvalue weighted by atomic mass is 16.5. The molecule has 0 aliphatic heterocycles. The van der Waals surface area contributed by atoms with Crippen LogP contribution in [0.25, 0.3) is 0 Å². The zero-order chi connectivity index (χ0) is 14.2. The van der Waals surface area contributed by atoms with Gasteiger partial charge in [-0.2, -0.15) is 0 Å². The van der Waals surface area contributed by atoms with Gasteiger partial charge in [-0.3, -0.25) is 4.90 Å². The highest BCUT2D eigenvalue weighted by molar-refractivity contribution is 5.05. The molecule has 0 unspecified atom stereocenters. The quantitative estimate of drug-likeness (QED) is 0.741. The molecule has 1 aliphatic carbocycles. The van der Waals surface area contributed by atoms with Crippen LogP contribution in [0.3, 0.4) is 0 Å². The van der Waals surface area contributed by atoms with Gasteiger partial charge in [0.05, 0.1) is 12.2 Å². The highest BCUT2D eigenvalue weighted by Gasteiger charge is 2.21. The van der Waals surface area contributed by atoms with E-state index >= 15 is 0 Å². The Balaban J connectivity index is 1.84. The SMILES string of the molecule is CCCNCc1cc(CN(CC)C2CCCCC2)on1. The van der Waals surface area contributed by atoms with Crippen LogP contribution < -0.4 is 5.32 Å². The standard InChI is InChI=1S/C16H29N3O/c1-3-10-17-12-14-11-16(20-18-14)13-19(4-2)15-8-6-5-7-9-15/h11,15,17H,3-10,12-13H2,1-2H3. The zero-order valence-corrected chi connectivity index (χ0v) is 13.0. The smallest absolute Gasteiger partial charge is 0.151 e. The topological polar surface area (TPSA) is 41.3 Å². The number of hydrogen-bond donors (Lipinski definition) is 1. The second kappa shape index (κ2) is 8.42. The molecule has 0 aromatic carbocycles. The van der Waals surface area contributed by atoms with Crippen molar-refractivity contribution in [3.05, 3.63) is 17.5 Å². The minimum absolute atomic E-state index is 0.737. The van der Waals surface area contributed by atoms with Gasteiger partial charge in [0.1, 0.15) is 0 Å². The van der Waals surface area contributed by atoms with Crippen molar-refractivity contribution in [1.29, 1.82) is 0 Å². The maximum absolute atomic E-state index is 5.49. The predicted molar refractivity (Wildman–Crippen MR) is 81.5 cm³/mol. The largest absolute Gasteiger partial charge is 0.360 e. The van der Waals surface area contributed by atoms with Crippen LogP contribution >= 0.6 is 0 Å². The summed E-state index contributed by atoms with van der Waals surface area (Å²) in [4.78, 5) is 2.54. The fourth-order valence-corrected chi connectivity index (χ4v) is 3.05. The van der Waals surface area contributed by atoms with E-state index in [0.717, 1.165) is 50.1 Å². The van der Waals surface area contributed by atoms with Crippen LogP contribution in [0, 0.1) is 0 Å². The molecule has 4 heteroatoms. The van der Waals surface area contributed by atoms with Crippen LogP contribution in [0.5, 0.6) is 0 Å². The highest BCUT2D eigenvalue weighted by Crippen LogP contribution is 2.24. The van der Waals surface area contributed by atoms with Crippen molar-refractivity contribution in [2.45, 2.75) is 71.5 Å². The molecule has 114 valence electrons. The van der Waals surface area contributed by atoms with Crippen molar-refractivity contribution in [3.8, 4) is 0 Å². The van der Waals surface area contributed by atoms with Gasteiger partial charge < -0.3 is 9.84 Å². The minimum atomic E-state index is 0.737. The van der Waals surface area contributed by atoms with Gasteiger partial charge in [-0.1, -0.05) is 38.3 Å². The summed E-state index contributed by atoms with van der Waals surface area (Å²) in [5.74, 6) is 1.01. The number of aromatic nitrogens is 1. The van der Waals surface area contributed by atoms with E-state index in [1.165, 1.54) is 32.1 Å². The van der Waals surface area contributed by atoms with Gasteiger partial charge in [-0.05, 0) is 32.4 Å². The van der Waals surface area contributed by atoms with E-state index in [4.69, 9.17) is 4.52 Å². The molecule has 0 spiro atoms. The van der Waals surface area contributed by atoms with Crippen LogP contribution in [0.1, 0.15) is 63.8 Å². The normalized spacial score (nSPS) is 16.9. The van der Waals surface area contributed by atoms with Gasteiger partial charge >= 0.3 is 0 Å². The molecule has 0 bridgehead atoms. The number of nitrogens with one attached hydrogen (secondary N) is 1. The van der Waals surface area contributed by atoms with E-state index < -0.39 is 0 Å². The summed E-state index contributed by atoms with van der Waals surface area (Å²) < 4.78 is 5.49. The summed E-state index contributed by atoms with van der Waals surface area (Å²) in [6, 6.07) is 2.84. The average Bonchev–Trinajstić information content (AvgIpc) is 2.93. The van der Waals surface area contributed by atoms with Crippen molar-refractivity contribution in [2.75, 3.05) is 13.1 Å². The second-order valence-electron chi connectivity index (χ2n) is 5.82. The van der Waals surface area contributed by atoms with Crippen molar-refractivity contribution in [1.82, 2.24) is 15.4 Å². The molecular formula is C16H29N3O. The molecule has 0 radical (unpaired) electrons. The number of rotatable bonds is 8. The Hall–Kier alpha value is -0.870. The molecule has 1 aliphatic rings. The minimum Gasteiger partial charge on any atom is -0.360 e. The molecule has 1 N–H and O–H groups in total. The maximum Gasteiger partial charge on any atom is 0.151 e. The van der Waals surface area contributed by atoms with E-state index in [1.54, 1.807) is 0 Å². The van der Waals surface area contributed by atoms with E-state index in [-0.39, 0.29) is 0 Å². The summed E-state index contributed by atoms with van der Waals surface area (Å²) in [5, 5.41) is 7.52. The van der Waals surface area contributed by atoms with E-state index in [2.05, 4.69) is 35.3 Å². The first-order valence-electron chi connectivity index (χ1n) is 8.22. The van der Waals surface area contributed by atoms with Gasteiger partial charge in [0, 0.05) is 18.7 Å². The monoisotopic (exact) mass is 279 g/mol. The summed E-state index contributed by atoms with van der Waals surface area (Å²) >= 11 is 0. The van der Waals surface area contributed by atoms with Crippen molar-refractivity contribution in [3.63, 3.8) is 0 Å². The van der Waals surface area contributed by atoms with Gasteiger partial charge in [-0.25, -0.2) is 0 Å². The molecule has 1 saturated carbocycles. The molecule has 1 fully saturated rings. The van der Waals surface area contributed by atoms with Crippen molar-refractivity contribution < 1.29 is 4.52 Å². The van der Waals surface area contributed by atoms with Gasteiger partial charge in [-0.15, -0.1) is 0 Å². The molecule has 20 heavy (non-hydrogen) atoms. The molecule has 0 saturated heterocycles. The van der Waals surface area contributed by atoms with Gasteiger partial charge in [0.15, 0.2) is 5.76 Å². The molecule has 0 amide bonds. The first kappa shape index (κ1) is 15.5. The first-order valence-corrected chi connectivity index (χ1v) is 8.22. The lowest BCUT2D eigenvalue weighted by atomic mass is 9.94. The van der Waals surface area contributed by atoms with E-state index in [0.29, 0.717) is 0 Å². The summed E-state index contributed by atoms with van der Waals surface area (Å²) in [6.45, 7) is 8.26. The van der Waals surface area contributed by atoms with Gasteiger partial charge in [0.2, 0.25) is 0 Å². The van der Waals surface area contributed by atoms with Crippen LogP contribution in [0.4, 0.5) is 0 Å². The molecule has 0 atom stereocenters. The third kappa shape index (κ3) is 4.60. The zero-order valence-electron chi connectivity index (χ0n) is 13.0. The molecule has 1 aromatic heterocycles. The molecule has 4 nitrogen and oxygen atoms in total. The second-order valence-corrected chi connectivity index (χ2v) is 5.82. The lowest BCUT2D eigenvalue weighted by molar-refractivity contribution is 0.141. The third-order valence-corrected chi connectivity index (χ3v) is 4.20.